The van der Waals surface area contributed by atoms with Crippen molar-refractivity contribution in [2.24, 2.45) is 0 Å². The van der Waals surface area contributed by atoms with Crippen LogP contribution < -0.4 is 15.6 Å². The molecular weight excluding hydrogens is 404 g/mol. The molecule has 0 aliphatic heterocycles. The highest BCUT2D eigenvalue weighted by molar-refractivity contribution is 6.02. The normalized spacial score (nSPS) is 15.4. The number of rotatable bonds is 7. The maximum Gasteiger partial charge on any atom is 0.258 e. The summed E-state index contributed by atoms with van der Waals surface area (Å²) in [5.74, 6) is 0.627. The first-order valence-corrected chi connectivity index (χ1v) is 11.3. The molecule has 0 radical (unpaired) electrons. The molecule has 6 nitrogen and oxygen atoms in total. The number of nitrogens with one attached hydrogen (secondary N) is 1. The standard InChI is InChI=1S/C26H30N2O4/c1-2-32-20-11-9-19(10-12-20)17-24(29)27-23-8-6-7-22-21(23)13-16-28(25(22)30)18-26(31)14-4-3-5-15-26/h6-13,16,31H,2-5,14-15,17-18H2,1H3,(H,27,29). The number of anilines is 1. The Balaban J connectivity index is 1.51. The lowest BCUT2D eigenvalue weighted by Crippen LogP contribution is -2.39. The fourth-order valence-electron chi connectivity index (χ4n) is 4.49. The molecule has 0 atom stereocenters. The molecule has 168 valence electrons. The first-order valence-electron chi connectivity index (χ1n) is 11.3. The molecule has 2 N–H and O–H groups in total. The van der Waals surface area contributed by atoms with Gasteiger partial charge < -0.3 is 19.7 Å². The predicted molar refractivity (Wildman–Crippen MR) is 126 cm³/mol. The van der Waals surface area contributed by atoms with Crippen LogP contribution >= 0.6 is 0 Å². The number of pyridine rings is 1. The van der Waals surface area contributed by atoms with Gasteiger partial charge in [0.2, 0.25) is 5.91 Å². The third kappa shape index (κ3) is 5.02. The SMILES string of the molecule is CCOc1ccc(CC(=O)Nc2cccc3c(=O)n(CC4(O)CCCCC4)ccc23)cc1. The van der Waals surface area contributed by atoms with E-state index < -0.39 is 5.60 Å². The van der Waals surface area contributed by atoms with E-state index in [1.54, 1.807) is 29.0 Å². The van der Waals surface area contributed by atoms with Crippen LogP contribution in [-0.2, 0) is 17.8 Å². The molecular formula is C26H30N2O4. The second-order valence-electron chi connectivity index (χ2n) is 8.60. The number of hydrogen-bond donors (Lipinski definition) is 2. The lowest BCUT2D eigenvalue weighted by Gasteiger charge is -2.32. The Labute approximate surface area is 187 Å². The molecule has 1 heterocycles. The van der Waals surface area contributed by atoms with E-state index in [1.165, 1.54) is 0 Å². The van der Waals surface area contributed by atoms with Crippen molar-refractivity contribution in [1.29, 1.82) is 0 Å². The number of amides is 1. The lowest BCUT2D eigenvalue weighted by molar-refractivity contribution is -0.115. The third-order valence-corrected chi connectivity index (χ3v) is 6.14. The van der Waals surface area contributed by atoms with Crippen LogP contribution in [0.3, 0.4) is 0 Å². The van der Waals surface area contributed by atoms with E-state index >= 15 is 0 Å². The monoisotopic (exact) mass is 434 g/mol. The van der Waals surface area contributed by atoms with Gasteiger partial charge in [-0.05, 0) is 55.7 Å². The Bertz CT molecular complexity index is 1140. The highest BCUT2D eigenvalue weighted by atomic mass is 16.5. The van der Waals surface area contributed by atoms with Crippen LogP contribution in [0.2, 0.25) is 0 Å². The van der Waals surface area contributed by atoms with Crippen molar-refractivity contribution in [3.8, 4) is 5.75 Å². The van der Waals surface area contributed by atoms with Crippen LogP contribution in [0.15, 0.2) is 59.5 Å². The summed E-state index contributed by atoms with van der Waals surface area (Å²) < 4.78 is 7.03. The number of aliphatic hydroxyl groups is 1. The Morgan fingerprint density at radius 3 is 2.53 bits per heavy atom. The van der Waals surface area contributed by atoms with Gasteiger partial charge in [0.25, 0.3) is 5.56 Å². The second kappa shape index (κ2) is 9.57. The van der Waals surface area contributed by atoms with Gasteiger partial charge in [0.15, 0.2) is 0 Å². The first-order chi connectivity index (χ1) is 15.5. The summed E-state index contributed by atoms with van der Waals surface area (Å²) in [4.78, 5) is 25.7. The van der Waals surface area contributed by atoms with Crippen LogP contribution in [0.4, 0.5) is 5.69 Å². The summed E-state index contributed by atoms with van der Waals surface area (Å²) in [6, 6.07) is 14.6. The molecule has 3 aromatic rings. The van der Waals surface area contributed by atoms with Crippen molar-refractivity contribution >= 4 is 22.4 Å². The zero-order valence-electron chi connectivity index (χ0n) is 18.5. The third-order valence-electron chi connectivity index (χ3n) is 6.14. The molecule has 1 saturated carbocycles. The second-order valence-corrected chi connectivity index (χ2v) is 8.60. The van der Waals surface area contributed by atoms with Crippen LogP contribution in [0.25, 0.3) is 10.8 Å². The van der Waals surface area contributed by atoms with E-state index in [1.807, 2.05) is 37.3 Å². The van der Waals surface area contributed by atoms with Gasteiger partial charge in [-0.15, -0.1) is 0 Å². The number of benzene rings is 2. The first kappa shape index (κ1) is 22.1. The maximum absolute atomic E-state index is 13.1. The van der Waals surface area contributed by atoms with Crippen molar-refractivity contribution < 1.29 is 14.6 Å². The molecule has 32 heavy (non-hydrogen) atoms. The highest BCUT2D eigenvalue weighted by Gasteiger charge is 2.30. The van der Waals surface area contributed by atoms with E-state index in [4.69, 9.17) is 4.74 Å². The average molecular weight is 435 g/mol. The Morgan fingerprint density at radius 1 is 1.06 bits per heavy atom. The summed E-state index contributed by atoms with van der Waals surface area (Å²) in [5.41, 5.74) is 0.525. The molecule has 1 aromatic heterocycles. The molecule has 2 aromatic carbocycles. The summed E-state index contributed by atoms with van der Waals surface area (Å²) >= 11 is 0. The summed E-state index contributed by atoms with van der Waals surface area (Å²) in [7, 11) is 0. The van der Waals surface area contributed by atoms with Crippen molar-refractivity contribution in [3.63, 3.8) is 0 Å². The number of ether oxygens (including phenoxy) is 1. The number of nitrogens with zero attached hydrogens (tertiary/aromatic N) is 1. The highest BCUT2D eigenvalue weighted by Crippen LogP contribution is 2.29. The summed E-state index contributed by atoms with van der Waals surface area (Å²) in [6.45, 7) is 2.83. The maximum atomic E-state index is 13.1. The molecule has 1 fully saturated rings. The zero-order valence-corrected chi connectivity index (χ0v) is 18.5. The summed E-state index contributed by atoms with van der Waals surface area (Å²) in [5, 5.41) is 15.0. The molecule has 1 aliphatic carbocycles. The van der Waals surface area contributed by atoms with E-state index in [0.717, 1.165) is 43.4 Å². The van der Waals surface area contributed by atoms with Crippen molar-refractivity contribution in [3.05, 3.63) is 70.6 Å². The van der Waals surface area contributed by atoms with Crippen LogP contribution in [0.1, 0.15) is 44.6 Å². The Kier molecular flexibility index (Phi) is 6.61. The molecule has 0 saturated heterocycles. The molecule has 0 unspecified atom stereocenters. The molecule has 0 bridgehead atoms. The van der Waals surface area contributed by atoms with Crippen molar-refractivity contribution in [2.45, 2.75) is 57.6 Å². The molecule has 1 aliphatic rings. The van der Waals surface area contributed by atoms with Gasteiger partial charge in [0, 0.05) is 22.7 Å². The van der Waals surface area contributed by atoms with Crippen molar-refractivity contribution in [2.75, 3.05) is 11.9 Å². The van der Waals surface area contributed by atoms with E-state index in [2.05, 4.69) is 5.32 Å². The quantitative estimate of drug-likeness (QED) is 0.582. The van der Waals surface area contributed by atoms with E-state index in [0.29, 0.717) is 29.6 Å². The molecule has 4 rings (SSSR count). The minimum absolute atomic E-state index is 0.149. The van der Waals surface area contributed by atoms with Gasteiger partial charge in [-0.3, -0.25) is 9.59 Å². The minimum atomic E-state index is -0.820. The Hall–Kier alpha value is -3.12. The van der Waals surface area contributed by atoms with E-state index in [9.17, 15) is 14.7 Å². The van der Waals surface area contributed by atoms with E-state index in [-0.39, 0.29) is 17.9 Å². The summed E-state index contributed by atoms with van der Waals surface area (Å²) in [6.07, 6.45) is 6.51. The lowest BCUT2D eigenvalue weighted by atomic mass is 9.85. The smallest absolute Gasteiger partial charge is 0.258 e. The molecule has 6 heteroatoms. The predicted octanol–water partition coefficient (Wildman–Crippen LogP) is 4.28. The fraction of sp³-hybridized carbons (Fsp3) is 0.385. The van der Waals surface area contributed by atoms with Crippen LogP contribution in [0.5, 0.6) is 5.75 Å². The number of hydrogen-bond acceptors (Lipinski definition) is 4. The minimum Gasteiger partial charge on any atom is -0.494 e. The number of carbonyl (C=O) groups is 1. The average Bonchev–Trinajstić information content (AvgIpc) is 2.78. The van der Waals surface area contributed by atoms with Gasteiger partial charge in [-0.25, -0.2) is 0 Å². The van der Waals surface area contributed by atoms with Gasteiger partial charge in [0.1, 0.15) is 5.75 Å². The van der Waals surface area contributed by atoms with Gasteiger partial charge >= 0.3 is 0 Å². The number of fused-ring (bicyclic) bond motifs is 1. The topological polar surface area (TPSA) is 80.6 Å². The zero-order chi connectivity index (χ0) is 22.6. The van der Waals surface area contributed by atoms with Gasteiger partial charge in [0.05, 0.1) is 25.2 Å². The fourth-order valence-corrected chi connectivity index (χ4v) is 4.49. The van der Waals surface area contributed by atoms with Crippen LogP contribution in [-0.4, -0.2) is 27.8 Å². The van der Waals surface area contributed by atoms with Gasteiger partial charge in [-0.1, -0.05) is 37.5 Å². The molecule has 1 amide bonds. The largest absolute Gasteiger partial charge is 0.494 e. The van der Waals surface area contributed by atoms with Crippen LogP contribution in [0, 0.1) is 0 Å². The Morgan fingerprint density at radius 2 is 1.81 bits per heavy atom. The number of carbonyl (C=O) groups excluding carboxylic acids is 1. The van der Waals surface area contributed by atoms with Crippen molar-refractivity contribution in [1.82, 2.24) is 4.57 Å². The van der Waals surface area contributed by atoms with Gasteiger partial charge in [-0.2, -0.15) is 0 Å². The number of aromatic nitrogens is 1. The molecule has 0 spiro atoms.